The molecular formula is C21H24F3N3O3. The van der Waals surface area contributed by atoms with Crippen molar-refractivity contribution in [3.05, 3.63) is 59.2 Å². The van der Waals surface area contributed by atoms with Crippen molar-refractivity contribution in [2.75, 3.05) is 19.9 Å². The zero-order chi connectivity index (χ0) is 21.4. The fourth-order valence-electron chi connectivity index (χ4n) is 2.78. The van der Waals surface area contributed by atoms with E-state index in [0.29, 0.717) is 31.2 Å². The molecule has 1 heterocycles. The SMILES string of the molecule is CCNC(=NCc1ccc2c(c1)OCO2)NCc1ccc(COCC(F)(F)F)cc1. The Morgan fingerprint density at radius 2 is 1.70 bits per heavy atom. The molecule has 0 saturated heterocycles. The second kappa shape index (κ2) is 10.2. The molecule has 0 fully saturated rings. The van der Waals surface area contributed by atoms with E-state index in [1.165, 1.54) is 0 Å². The minimum Gasteiger partial charge on any atom is -0.454 e. The maximum atomic E-state index is 12.1. The quantitative estimate of drug-likeness (QED) is 0.500. The van der Waals surface area contributed by atoms with Crippen molar-refractivity contribution < 1.29 is 27.4 Å². The summed E-state index contributed by atoms with van der Waals surface area (Å²) in [6.07, 6.45) is -4.31. The molecule has 0 saturated carbocycles. The number of aliphatic imine (C=N–C) groups is 1. The van der Waals surface area contributed by atoms with Crippen molar-refractivity contribution in [1.29, 1.82) is 0 Å². The van der Waals surface area contributed by atoms with Crippen molar-refractivity contribution in [2.45, 2.75) is 32.8 Å². The summed E-state index contributed by atoms with van der Waals surface area (Å²) in [5.41, 5.74) is 2.66. The highest BCUT2D eigenvalue weighted by Crippen LogP contribution is 2.32. The fourth-order valence-corrected chi connectivity index (χ4v) is 2.78. The summed E-state index contributed by atoms with van der Waals surface area (Å²) < 4.78 is 51.7. The van der Waals surface area contributed by atoms with Crippen molar-refractivity contribution in [2.24, 2.45) is 4.99 Å². The van der Waals surface area contributed by atoms with E-state index in [9.17, 15) is 13.2 Å². The highest BCUT2D eigenvalue weighted by Gasteiger charge is 2.27. The van der Waals surface area contributed by atoms with E-state index in [1.807, 2.05) is 37.3 Å². The van der Waals surface area contributed by atoms with Gasteiger partial charge in [0.2, 0.25) is 6.79 Å². The number of fused-ring (bicyclic) bond motifs is 1. The molecule has 0 radical (unpaired) electrons. The third-order valence-electron chi connectivity index (χ3n) is 4.22. The van der Waals surface area contributed by atoms with E-state index >= 15 is 0 Å². The molecular weight excluding hydrogens is 399 g/mol. The molecule has 0 atom stereocenters. The topological polar surface area (TPSA) is 64.1 Å². The van der Waals surface area contributed by atoms with Gasteiger partial charge in [-0.3, -0.25) is 0 Å². The Labute approximate surface area is 173 Å². The first-order valence-corrected chi connectivity index (χ1v) is 9.56. The van der Waals surface area contributed by atoms with Gasteiger partial charge < -0.3 is 24.8 Å². The minimum atomic E-state index is -4.31. The number of hydrogen-bond donors (Lipinski definition) is 2. The van der Waals surface area contributed by atoms with Gasteiger partial charge in [0, 0.05) is 13.1 Å². The standard InChI is InChI=1S/C21H24F3N3O3/c1-2-25-20(27-11-17-7-8-18-19(9-17)30-14-29-18)26-10-15-3-5-16(6-4-15)12-28-13-21(22,23)24/h3-9H,2,10-14H2,1H3,(H2,25,26,27). The smallest absolute Gasteiger partial charge is 0.411 e. The molecule has 6 nitrogen and oxygen atoms in total. The molecule has 30 heavy (non-hydrogen) atoms. The predicted molar refractivity (Wildman–Crippen MR) is 106 cm³/mol. The van der Waals surface area contributed by atoms with Gasteiger partial charge in [-0.05, 0) is 35.7 Å². The fraction of sp³-hybridized carbons (Fsp3) is 0.381. The number of nitrogens with one attached hydrogen (secondary N) is 2. The third kappa shape index (κ3) is 6.84. The van der Waals surface area contributed by atoms with Crippen LogP contribution in [0.3, 0.4) is 0 Å². The molecule has 0 spiro atoms. The first kappa shape index (κ1) is 21.8. The van der Waals surface area contributed by atoms with Gasteiger partial charge >= 0.3 is 6.18 Å². The maximum absolute atomic E-state index is 12.1. The Kier molecular flexibility index (Phi) is 7.40. The lowest BCUT2D eigenvalue weighted by Gasteiger charge is -2.12. The second-order valence-corrected chi connectivity index (χ2v) is 6.66. The van der Waals surface area contributed by atoms with Gasteiger partial charge in [-0.15, -0.1) is 0 Å². The van der Waals surface area contributed by atoms with Crippen LogP contribution in [0, 0.1) is 0 Å². The summed E-state index contributed by atoms with van der Waals surface area (Å²) in [6.45, 7) is 2.60. The van der Waals surface area contributed by atoms with Crippen LogP contribution in [0.2, 0.25) is 0 Å². The van der Waals surface area contributed by atoms with Gasteiger partial charge in [-0.25, -0.2) is 4.99 Å². The second-order valence-electron chi connectivity index (χ2n) is 6.66. The highest BCUT2D eigenvalue weighted by atomic mass is 19.4. The molecule has 2 aromatic carbocycles. The first-order chi connectivity index (χ1) is 14.4. The van der Waals surface area contributed by atoms with Crippen molar-refractivity contribution in [3.8, 4) is 11.5 Å². The van der Waals surface area contributed by atoms with Crippen LogP contribution in [-0.2, 0) is 24.4 Å². The summed E-state index contributed by atoms with van der Waals surface area (Å²) in [5, 5.41) is 6.43. The van der Waals surface area contributed by atoms with Gasteiger partial charge in [0.05, 0.1) is 13.2 Å². The van der Waals surface area contributed by atoms with Gasteiger partial charge in [-0.2, -0.15) is 13.2 Å². The molecule has 9 heteroatoms. The molecule has 3 rings (SSSR count). The van der Waals surface area contributed by atoms with E-state index in [1.54, 1.807) is 12.1 Å². The maximum Gasteiger partial charge on any atom is 0.411 e. The first-order valence-electron chi connectivity index (χ1n) is 9.56. The molecule has 0 aliphatic carbocycles. The molecule has 1 aliphatic heterocycles. The van der Waals surface area contributed by atoms with Gasteiger partial charge in [0.15, 0.2) is 17.5 Å². The Balaban J connectivity index is 1.50. The van der Waals surface area contributed by atoms with Crippen molar-refractivity contribution in [1.82, 2.24) is 10.6 Å². The van der Waals surface area contributed by atoms with Crippen LogP contribution in [-0.4, -0.2) is 32.1 Å². The molecule has 1 aliphatic rings. The average Bonchev–Trinajstić information content (AvgIpc) is 3.18. The average molecular weight is 423 g/mol. The number of rotatable bonds is 8. The normalized spacial score (nSPS) is 13.4. The molecule has 2 N–H and O–H groups in total. The Morgan fingerprint density at radius 3 is 2.43 bits per heavy atom. The number of ether oxygens (including phenoxy) is 3. The number of benzene rings is 2. The number of hydrogen-bond acceptors (Lipinski definition) is 4. The number of alkyl halides is 3. The van der Waals surface area contributed by atoms with Crippen LogP contribution in [0.25, 0.3) is 0 Å². The summed E-state index contributed by atoms with van der Waals surface area (Å²) in [6, 6.07) is 12.9. The van der Waals surface area contributed by atoms with Crippen LogP contribution in [0.15, 0.2) is 47.5 Å². The monoisotopic (exact) mass is 423 g/mol. The number of halogens is 3. The summed E-state index contributed by atoms with van der Waals surface area (Å²) in [5.74, 6) is 2.12. The molecule has 0 unspecified atom stereocenters. The van der Waals surface area contributed by atoms with Crippen LogP contribution < -0.4 is 20.1 Å². The van der Waals surface area contributed by atoms with Crippen LogP contribution in [0.4, 0.5) is 13.2 Å². The Morgan fingerprint density at radius 1 is 1.00 bits per heavy atom. The predicted octanol–water partition coefficient (Wildman–Crippen LogP) is 3.75. The largest absolute Gasteiger partial charge is 0.454 e. The van der Waals surface area contributed by atoms with E-state index in [-0.39, 0.29) is 13.4 Å². The summed E-state index contributed by atoms with van der Waals surface area (Å²) >= 11 is 0. The van der Waals surface area contributed by atoms with Gasteiger partial charge in [0.1, 0.15) is 6.61 Å². The molecule has 162 valence electrons. The Hall–Kier alpha value is -2.94. The van der Waals surface area contributed by atoms with E-state index in [4.69, 9.17) is 9.47 Å². The van der Waals surface area contributed by atoms with Gasteiger partial charge in [0.25, 0.3) is 0 Å². The van der Waals surface area contributed by atoms with Crippen molar-refractivity contribution in [3.63, 3.8) is 0 Å². The lowest BCUT2D eigenvalue weighted by molar-refractivity contribution is -0.176. The number of guanidine groups is 1. The molecule has 0 aromatic heterocycles. The molecule has 0 bridgehead atoms. The summed E-state index contributed by atoms with van der Waals surface area (Å²) in [4.78, 5) is 4.58. The third-order valence-corrected chi connectivity index (χ3v) is 4.22. The molecule has 0 amide bonds. The van der Waals surface area contributed by atoms with E-state index in [2.05, 4.69) is 20.4 Å². The number of nitrogens with zero attached hydrogens (tertiary/aromatic N) is 1. The van der Waals surface area contributed by atoms with Gasteiger partial charge in [-0.1, -0.05) is 30.3 Å². The Bertz CT molecular complexity index is 855. The van der Waals surface area contributed by atoms with E-state index in [0.717, 1.165) is 22.6 Å². The van der Waals surface area contributed by atoms with Crippen LogP contribution in [0.1, 0.15) is 23.6 Å². The van der Waals surface area contributed by atoms with Crippen LogP contribution in [0.5, 0.6) is 11.5 Å². The lowest BCUT2D eigenvalue weighted by atomic mass is 10.1. The summed E-state index contributed by atoms with van der Waals surface area (Å²) in [7, 11) is 0. The minimum absolute atomic E-state index is 0.0765. The van der Waals surface area contributed by atoms with E-state index < -0.39 is 12.8 Å². The lowest BCUT2D eigenvalue weighted by Crippen LogP contribution is -2.36. The molecule has 2 aromatic rings. The highest BCUT2D eigenvalue weighted by molar-refractivity contribution is 5.79. The van der Waals surface area contributed by atoms with Crippen LogP contribution >= 0.6 is 0 Å². The zero-order valence-corrected chi connectivity index (χ0v) is 16.6. The van der Waals surface area contributed by atoms with Crippen molar-refractivity contribution >= 4 is 5.96 Å². The zero-order valence-electron chi connectivity index (χ0n) is 16.6.